The Morgan fingerprint density at radius 1 is 1.54 bits per heavy atom. The first-order valence-corrected chi connectivity index (χ1v) is 5.38. The first kappa shape index (κ1) is 7.74. The third kappa shape index (κ3) is 0.506. The van der Waals surface area contributed by atoms with Crippen molar-refractivity contribution in [3.63, 3.8) is 0 Å². The van der Waals surface area contributed by atoms with Gasteiger partial charge in [-0.3, -0.25) is 0 Å². The van der Waals surface area contributed by atoms with Crippen LogP contribution in [-0.2, 0) is 0 Å². The topological polar surface area (TPSA) is 12.0 Å². The fourth-order valence-corrected chi connectivity index (χ4v) is 4.88. The molecule has 4 aliphatic rings. The average molecular weight is 175 g/mol. The van der Waals surface area contributed by atoms with Gasteiger partial charge in [0, 0.05) is 12.1 Å². The molecule has 0 aromatic heterocycles. The van der Waals surface area contributed by atoms with E-state index in [4.69, 9.17) is 6.42 Å². The van der Waals surface area contributed by atoms with Crippen molar-refractivity contribution < 1.29 is 0 Å². The Labute approximate surface area is 80.3 Å². The molecule has 1 nitrogen and oxygen atoms in total. The number of hydrogen-bond acceptors (Lipinski definition) is 1. The van der Waals surface area contributed by atoms with Crippen molar-refractivity contribution >= 4 is 0 Å². The minimum absolute atomic E-state index is 0.601. The maximum Gasteiger partial charge on any atom is 0.0433 e. The summed E-state index contributed by atoms with van der Waals surface area (Å²) in [6.07, 6.45) is 9.64. The van der Waals surface area contributed by atoms with Gasteiger partial charge >= 0.3 is 0 Å². The molecule has 5 atom stereocenters. The second kappa shape index (κ2) is 1.90. The quantitative estimate of drug-likeness (QED) is 0.475. The molecule has 1 N–H and O–H groups in total. The Bertz CT molecular complexity index is 299. The SMILES string of the molecule is C#CNC1C(C)C2(C)C3CCC12C3. The van der Waals surface area contributed by atoms with Gasteiger partial charge in [0.25, 0.3) is 0 Å². The summed E-state index contributed by atoms with van der Waals surface area (Å²) in [7, 11) is 0. The molecule has 4 saturated carbocycles. The molecule has 70 valence electrons. The van der Waals surface area contributed by atoms with E-state index in [0.717, 1.165) is 11.8 Å². The second-order valence-corrected chi connectivity index (χ2v) is 5.43. The van der Waals surface area contributed by atoms with E-state index in [0.29, 0.717) is 16.9 Å². The summed E-state index contributed by atoms with van der Waals surface area (Å²) < 4.78 is 0. The highest BCUT2D eigenvalue weighted by molar-refractivity contribution is 5.31. The van der Waals surface area contributed by atoms with Crippen LogP contribution in [0.25, 0.3) is 0 Å². The summed E-state index contributed by atoms with van der Waals surface area (Å²) in [5.74, 6) is 1.79. The van der Waals surface area contributed by atoms with Gasteiger partial charge in [0.1, 0.15) is 0 Å². The van der Waals surface area contributed by atoms with Crippen molar-refractivity contribution in [2.45, 2.75) is 39.2 Å². The fourth-order valence-electron chi connectivity index (χ4n) is 4.88. The summed E-state index contributed by atoms with van der Waals surface area (Å²) in [6.45, 7) is 4.85. The van der Waals surface area contributed by atoms with Crippen LogP contribution in [0, 0.1) is 35.1 Å². The number of rotatable bonds is 1. The van der Waals surface area contributed by atoms with Crippen LogP contribution in [0.1, 0.15) is 33.1 Å². The standard InChI is InChI=1S/C12H17N/c1-4-13-10-8(2)11(3)9-5-6-12(10,11)7-9/h1,8-10,13H,5-7H2,2-3H3. The van der Waals surface area contributed by atoms with Crippen molar-refractivity contribution in [2.75, 3.05) is 0 Å². The summed E-state index contributed by atoms with van der Waals surface area (Å²) in [5, 5.41) is 3.23. The Morgan fingerprint density at radius 3 is 2.92 bits per heavy atom. The van der Waals surface area contributed by atoms with E-state index in [1.807, 2.05) is 0 Å². The second-order valence-electron chi connectivity index (χ2n) is 5.43. The Balaban J connectivity index is 1.93. The molecule has 4 fully saturated rings. The molecule has 0 aromatic rings. The van der Waals surface area contributed by atoms with E-state index >= 15 is 0 Å². The van der Waals surface area contributed by atoms with Crippen LogP contribution in [0.4, 0.5) is 0 Å². The van der Waals surface area contributed by atoms with Gasteiger partial charge in [-0.25, -0.2) is 0 Å². The van der Waals surface area contributed by atoms with Crippen molar-refractivity contribution in [2.24, 2.45) is 22.7 Å². The lowest BCUT2D eigenvalue weighted by molar-refractivity contribution is -0.240. The lowest BCUT2D eigenvalue weighted by Gasteiger charge is -2.74. The lowest BCUT2D eigenvalue weighted by Crippen LogP contribution is -2.76. The van der Waals surface area contributed by atoms with E-state index in [1.165, 1.54) is 19.3 Å². The first-order chi connectivity index (χ1) is 6.17. The van der Waals surface area contributed by atoms with E-state index in [2.05, 4.69) is 25.2 Å². The third-order valence-electron chi connectivity index (χ3n) is 5.75. The van der Waals surface area contributed by atoms with Gasteiger partial charge in [-0.15, -0.1) is 0 Å². The predicted molar refractivity (Wildman–Crippen MR) is 52.8 cm³/mol. The highest BCUT2D eigenvalue weighted by Gasteiger charge is 2.80. The lowest BCUT2D eigenvalue weighted by atomic mass is 9.32. The van der Waals surface area contributed by atoms with Gasteiger partial charge in [0.05, 0.1) is 0 Å². The van der Waals surface area contributed by atoms with Crippen molar-refractivity contribution in [3.8, 4) is 12.5 Å². The zero-order chi connectivity index (χ0) is 9.27. The largest absolute Gasteiger partial charge is 0.342 e. The van der Waals surface area contributed by atoms with Gasteiger partial charge in [0.2, 0.25) is 0 Å². The van der Waals surface area contributed by atoms with Crippen LogP contribution < -0.4 is 5.32 Å². The van der Waals surface area contributed by atoms with E-state index in [-0.39, 0.29) is 0 Å². The van der Waals surface area contributed by atoms with Gasteiger partial charge in [0.15, 0.2) is 0 Å². The molecule has 0 saturated heterocycles. The molecule has 1 heteroatoms. The molecule has 0 aromatic carbocycles. The number of hydrogen-bond donors (Lipinski definition) is 1. The molecule has 4 rings (SSSR count). The molecule has 4 aliphatic carbocycles. The molecule has 2 bridgehead atoms. The smallest absolute Gasteiger partial charge is 0.0433 e. The van der Waals surface area contributed by atoms with Gasteiger partial charge < -0.3 is 5.32 Å². The number of fused-ring (bicyclic) bond motifs is 1. The van der Waals surface area contributed by atoms with Crippen LogP contribution in [0.3, 0.4) is 0 Å². The summed E-state index contributed by atoms with van der Waals surface area (Å²) in [5.41, 5.74) is 1.24. The molecule has 0 radical (unpaired) electrons. The molecular formula is C12H17N. The zero-order valence-corrected chi connectivity index (χ0v) is 8.43. The van der Waals surface area contributed by atoms with Crippen molar-refractivity contribution in [1.82, 2.24) is 5.32 Å². The van der Waals surface area contributed by atoms with Crippen LogP contribution in [0.5, 0.6) is 0 Å². The fraction of sp³-hybridized carbons (Fsp3) is 0.833. The molecule has 0 aliphatic heterocycles. The Morgan fingerprint density at radius 2 is 2.31 bits per heavy atom. The van der Waals surface area contributed by atoms with Crippen LogP contribution in [0.15, 0.2) is 0 Å². The van der Waals surface area contributed by atoms with Crippen molar-refractivity contribution in [1.29, 1.82) is 0 Å². The highest BCUT2D eigenvalue weighted by Crippen LogP contribution is 2.82. The van der Waals surface area contributed by atoms with E-state index < -0.39 is 0 Å². The monoisotopic (exact) mass is 175 g/mol. The van der Waals surface area contributed by atoms with E-state index in [9.17, 15) is 0 Å². The van der Waals surface area contributed by atoms with Gasteiger partial charge in [-0.2, -0.15) is 0 Å². The average Bonchev–Trinajstić information content (AvgIpc) is 2.67. The van der Waals surface area contributed by atoms with Gasteiger partial charge in [-0.05, 0) is 41.9 Å². The highest BCUT2D eigenvalue weighted by atomic mass is 15.0. The Hall–Kier alpha value is -0.640. The Kier molecular flexibility index (Phi) is 1.13. The third-order valence-corrected chi connectivity index (χ3v) is 5.75. The molecular weight excluding hydrogens is 158 g/mol. The maximum atomic E-state index is 5.34. The minimum Gasteiger partial charge on any atom is -0.342 e. The summed E-state index contributed by atoms with van der Waals surface area (Å²) in [6, 6.07) is 3.24. The van der Waals surface area contributed by atoms with Crippen molar-refractivity contribution in [3.05, 3.63) is 0 Å². The van der Waals surface area contributed by atoms with Crippen LogP contribution in [-0.4, -0.2) is 6.04 Å². The van der Waals surface area contributed by atoms with Crippen LogP contribution in [0.2, 0.25) is 0 Å². The molecule has 13 heavy (non-hydrogen) atoms. The summed E-state index contributed by atoms with van der Waals surface area (Å²) in [4.78, 5) is 0. The normalized spacial score (nSPS) is 61.5. The molecule has 1 spiro atoms. The molecule has 0 heterocycles. The van der Waals surface area contributed by atoms with Crippen LogP contribution >= 0.6 is 0 Å². The maximum absolute atomic E-state index is 5.34. The predicted octanol–water partition coefficient (Wildman–Crippen LogP) is 1.99. The zero-order valence-electron chi connectivity index (χ0n) is 8.43. The molecule has 5 unspecified atom stereocenters. The number of terminal acetylenes is 1. The van der Waals surface area contributed by atoms with E-state index in [1.54, 1.807) is 0 Å². The number of nitrogens with one attached hydrogen (secondary N) is 1. The minimum atomic E-state index is 0.601. The van der Waals surface area contributed by atoms with Gasteiger partial charge in [-0.1, -0.05) is 20.3 Å². The molecule has 0 amide bonds. The summed E-state index contributed by atoms with van der Waals surface area (Å²) >= 11 is 0. The first-order valence-electron chi connectivity index (χ1n) is 5.38.